The van der Waals surface area contributed by atoms with Crippen LogP contribution in [0.15, 0.2) is 54.6 Å². The summed E-state index contributed by atoms with van der Waals surface area (Å²) < 4.78 is 0. The monoisotopic (exact) mass is 266 g/mol. The first-order valence-electron chi connectivity index (χ1n) is 6.73. The molecule has 0 bridgehead atoms. The quantitative estimate of drug-likeness (QED) is 0.790. The number of hydrogen-bond donors (Lipinski definition) is 2. The summed E-state index contributed by atoms with van der Waals surface area (Å²) >= 11 is 0. The minimum atomic E-state index is -0.449. The van der Waals surface area contributed by atoms with Gasteiger partial charge in [-0.15, -0.1) is 0 Å². The van der Waals surface area contributed by atoms with Crippen LogP contribution in [0.25, 0.3) is 0 Å². The lowest BCUT2D eigenvalue weighted by molar-refractivity contribution is 0.167. The number of nitriles is 1. The Kier molecular flexibility index (Phi) is 5.31. The molecule has 0 saturated heterocycles. The second-order valence-corrected chi connectivity index (χ2v) is 4.66. The second-order valence-electron chi connectivity index (χ2n) is 4.66. The molecule has 0 fully saturated rings. The molecule has 0 amide bonds. The lowest BCUT2D eigenvalue weighted by Crippen LogP contribution is -2.17. The van der Waals surface area contributed by atoms with Crippen LogP contribution in [0.2, 0.25) is 0 Å². The maximum absolute atomic E-state index is 10.0. The van der Waals surface area contributed by atoms with E-state index in [0.717, 1.165) is 11.1 Å². The highest BCUT2D eigenvalue weighted by Gasteiger charge is 2.06. The first kappa shape index (κ1) is 14.3. The number of hydrogen-bond acceptors (Lipinski definition) is 3. The van der Waals surface area contributed by atoms with Crippen molar-refractivity contribution in [3.63, 3.8) is 0 Å². The molecule has 1 unspecified atom stereocenters. The van der Waals surface area contributed by atoms with Gasteiger partial charge in [0, 0.05) is 6.54 Å². The predicted octanol–water partition coefficient (Wildman–Crippen LogP) is 2.77. The van der Waals surface area contributed by atoms with Crippen LogP contribution in [0.5, 0.6) is 0 Å². The average molecular weight is 266 g/mol. The number of benzene rings is 2. The maximum atomic E-state index is 10.0. The summed E-state index contributed by atoms with van der Waals surface area (Å²) in [6.45, 7) is 1.35. The molecule has 0 aliphatic heterocycles. The Morgan fingerprint density at radius 1 is 1.05 bits per heavy atom. The van der Waals surface area contributed by atoms with E-state index in [9.17, 15) is 5.11 Å². The number of rotatable bonds is 6. The molecule has 2 rings (SSSR count). The van der Waals surface area contributed by atoms with Gasteiger partial charge in [-0.1, -0.05) is 48.5 Å². The first-order chi connectivity index (χ1) is 9.81. The van der Waals surface area contributed by atoms with Crippen molar-refractivity contribution in [1.82, 2.24) is 5.32 Å². The van der Waals surface area contributed by atoms with Gasteiger partial charge >= 0.3 is 0 Å². The molecular weight excluding hydrogens is 248 g/mol. The van der Waals surface area contributed by atoms with E-state index in [1.54, 1.807) is 0 Å². The molecule has 2 N–H and O–H groups in total. The van der Waals surface area contributed by atoms with Crippen LogP contribution in [0.3, 0.4) is 0 Å². The van der Waals surface area contributed by atoms with Crippen molar-refractivity contribution < 1.29 is 5.11 Å². The van der Waals surface area contributed by atoms with Crippen LogP contribution >= 0.6 is 0 Å². The Balaban J connectivity index is 1.78. The van der Waals surface area contributed by atoms with Crippen molar-refractivity contribution in [2.24, 2.45) is 0 Å². The van der Waals surface area contributed by atoms with E-state index in [4.69, 9.17) is 5.26 Å². The highest BCUT2D eigenvalue weighted by atomic mass is 16.3. The van der Waals surface area contributed by atoms with Gasteiger partial charge < -0.3 is 10.4 Å². The molecule has 0 heterocycles. The first-order valence-corrected chi connectivity index (χ1v) is 6.73. The van der Waals surface area contributed by atoms with Crippen molar-refractivity contribution in [2.45, 2.75) is 19.1 Å². The van der Waals surface area contributed by atoms with Gasteiger partial charge in [0.1, 0.15) is 0 Å². The Hall–Kier alpha value is -2.15. The van der Waals surface area contributed by atoms with E-state index in [1.165, 1.54) is 0 Å². The van der Waals surface area contributed by atoms with Crippen molar-refractivity contribution in [2.75, 3.05) is 6.54 Å². The van der Waals surface area contributed by atoms with Gasteiger partial charge in [0.25, 0.3) is 0 Å². The van der Waals surface area contributed by atoms with Gasteiger partial charge in [-0.2, -0.15) is 5.26 Å². The van der Waals surface area contributed by atoms with Crippen LogP contribution in [-0.4, -0.2) is 11.7 Å². The molecule has 0 aliphatic rings. The van der Waals surface area contributed by atoms with Crippen LogP contribution in [-0.2, 0) is 6.54 Å². The molecular formula is C17H18N2O. The van der Waals surface area contributed by atoms with Crippen molar-refractivity contribution in [3.8, 4) is 6.07 Å². The summed E-state index contributed by atoms with van der Waals surface area (Å²) in [5, 5.41) is 22.3. The van der Waals surface area contributed by atoms with Gasteiger partial charge in [0.15, 0.2) is 0 Å². The Bertz CT molecular complexity index is 575. The largest absolute Gasteiger partial charge is 0.388 e. The Morgan fingerprint density at radius 2 is 1.75 bits per heavy atom. The number of aliphatic hydroxyl groups excluding tert-OH is 1. The van der Waals surface area contributed by atoms with E-state index >= 15 is 0 Å². The van der Waals surface area contributed by atoms with Gasteiger partial charge in [-0.25, -0.2) is 0 Å². The van der Waals surface area contributed by atoms with Gasteiger partial charge in [-0.3, -0.25) is 0 Å². The Morgan fingerprint density at radius 3 is 2.50 bits per heavy atom. The molecule has 3 heteroatoms. The fourth-order valence-electron chi connectivity index (χ4n) is 2.09. The summed E-state index contributed by atoms with van der Waals surface area (Å²) in [4.78, 5) is 0. The second kappa shape index (κ2) is 7.44. The summed E-state index contributed by atoms with van der Waals surface area (Å²) in [6, 6.07) is 19.4. The molecule has 1 atom stereocenters. The third-order valence-corrected chi connectivity index (χ3v) is 3.23. The van der Waals surface area contributed by atoms with E-state index in [0.29, 0.717) is 25.1 Å². The van der Waals surface area contributed by atoms with Gasteiger partial charge in [-0.05, 0) is 30.2 Å². The lowest BCUT2D eigenvalue weighted by Gasteiger charge is -2.12. The van der Waals surface area contributed by atoms with Crippen molar-refractivity contribution in [3.05, 3.63) is 71.3 Å². The molecule has 0 spiro atoms. The normalized spacial score (nSPS) is 11.8. The topological polar surface area (TPSA) is 56.0 Å². The molecule has 20 heavy (non-hydrogen) atoms. The SMILES string of the molecule is N#Cc1ccccc1CNCCC(O)c1ccccc1. The average Bonchev–Trinajstić information content (AvgIpc) is 2.52. The molecule has 3 nitrogen and oxygen atoms in total. The molecule has 0 aliphatic carbocycles. The third-order valence-electron chi connectivity index (χ3n) is 3.23. The number of aliphatic hydroxyl groups is 1. The summed E-state index contributed by atoms with van der Waals surface area (Å²) in [5.41, 5.74) is 2.62. The van der Waals surface area contributed by atoms with E-state index in [1.807, 2.05) is 54.6 Å². The smallest absolute Gasteiger partial charge is 0.0995 e. The highest BCUT2D eigenvalue weighted by Crippen LogP contribution is 2.15. The number of nitrogens with zero attached hydrogens (tertiary/aromatic N) is 1. The zero-order valence-electron chi connectivity index (χ0n) is 11.3. The molecule has 0 radical (unpaired) electrons. The van der Waals surface area contributed by atoms with E-state index < -0.39 is 6.10 Å². The highest BCUT2D eigenvalue weighted by molar-refractivity contribution is 5.37. The molecule has 0 aromatic heterocycles. The number of nitrogens with one attached hydrogen (secondary N) is 1. The van der Waals surface area contributed by atoms with Crippen LogP contribution < -0.4 is 5.32 Å². The maximum Gasteiger partial charge on any atom is 0.0995 e. The van der Waals surface area contributed by atoms with E-state index in [2.05, 4.69) is 11.4 Å². The van der Waals surface area contributed by atoms with Crippen LogP contribution in [0.4, 0.5) is 0 Å². The molecule has 2 aromatic rings. The minimum absolute atomic E-state index is 0.449. The standard InChI is InChI=1S/C17H18N2O/c18-12-15-8-4-5-9-16(15)13-19-11-10-17(20)14-6-2-1-3-7-14/h1-9,17,19-20H,10-11,13H2. The molecule has 0 saturated carbocycles. The van der Waals surface area contributed by atoms with Crippen molar-refractivity contribution in [1.29, 1.82) is 5.26 Å². The fourth-order valence-corrected chi connectivity index (χ4v) is 2.09. The van der Waals surface area contributed by atoms with Gasteiger partial charge in [0.2, 0.25) is 0 Å². The van der Waals surface area contributed by atoms with Crippen molar-refractivity contribution >= 4 is 0 Å². The summed E-state index contributed by atoms with van der Waals surface area (Å²) in [6.07, 6.45) is 0.202. The fraction of sp³-hybridized carbons (Fsp3) is 0.235. The lowest BCUT2D eigenvalue weighted by atomic mass is 10.1. The third kappa shape index (κ3) is 3.92. The molecule has 2 aromatic carbocycles. The van der Waals surface area contributed by atoms with Crippen LogP contribution in [0.1, 0.15) is 29.2 Å². The summed E-state index contributed by atoms with van der Waals surface area (Å²) in [5.74, 6) is 0. The Labute approximate surface area is 119 Å². The van der Waals surface area contributed by atoms with Crippen LogP contribution in [0, 0.1) is 11.3 Å². The summed E-state index contributed by atoms with van der Waals surface area (Å²) in [7, 11) is 0. The molecule has 102 valence electrons. The minimum Gasteiger partial charge on any atom is -0.388 e. The van der Waals surface area contributed by atoms with E-state index in [-0.39, 0.29) is 0 Å². The zero-order valence-corrected chi connectivity index (χ0v) is 11.3. The zero-order chi connectivity index (χ0) is 14.2. The predicted molar refractivity (Wildman–Crippen MR) is 78.9 cm³/mol. The van der Waals surface area contributed by atoms with Gasteiger partial charge in [0.05, 0.1) is 17.7 Å².